The summed E-state index contributed by atoms with van der Waals surface area (Å²) in [5.41, 5.74) is 1.40. The van der Waals surface area contributed by atoms with Crippen molar-refractivity contribution >= 4 is 34.8 Å². The van der Waals surface area contributed by atoms with E-state index in [1.165, 1.54) is 4.52 Å². The smallest absolute Gasteiger partial charge is 0.275 e. The van der Waals surface area contributed by atoms with Crippen molar-refractivity contribution in [3.63, 3.8) is 0 Å². The van der Waals surface area contributed by atoms with Crippen LogP contribution in [0.3, 0.4) is 0 Å². The van der Waals surface area contributed by atoms with Crippen LogP contribution in [0.25, 0.3) is 5.78 Å². The van der Waals surface area contributed by atoms with Gasteiger partial charge in [-0.05, 0) is 13.5 Å². The fourth-order valence-electron chi connectivity index (χ4n) is 3.46. The van der Waals surface area contributed by atoms with Gasteiger partial charge in [-0.2, -0.15) is 9.50 Å². The molecule has 1 saturated heterocycles. The molecule has 10 heteroatoms. The van der Waals surface area contributed by atoms with Crippen LogP contribution in [0.15, 0.2) is 23.1 Å². The molecular weight excluding hydrogens is 392 g/mol. The molecule has 1 N–H and O–H groups in total. The quantitative estimate of drug-likeness (QED) is 0.680. The second-order valence-electron chi connectivity index (χ2n) is 7.37. The number of H-pyrrole nitrogens is 1. The van der Waals surface area contributed by atoms with E-state index < -0.39 is 0 Å². The van der Waals surface area contributed by atoms with Crippen LogP contribution in [0, 0.1) is 0 Å². The summed E-state index contributed by atoms with van der Waals surface area (Å²) in [6.07, 6.45) is 3.38. The van der Waals surface area contributed by atoms with E-state index >= 15 is 0 Å². The second kappa shape index (κ2) is 8.00. The van der Waals surface area contributed by atoms with Gasteiger partial charge < -0.3 is 19.7 Å². The first-order valence-corrected chi connectivity index (χ1v) is 10.2. The number of piperazine rings is 1. The van der Waals surface area contributed by atoms with Crippen molar-refractivity contribution in [2.75, 3.05) is 50.1 Å². The number of aromatic nitrogens is 5. The summed E-state index contributed by atoms with van der Waals surface area (Å²) < 4.78 is 1.28. The van der Waals surface area contributed by atoms with E-state index in [1.54, 1.807) is 17.2 Å². The van der Waals surface area contributed by atoms with Crippen LogP contribution in [0.2, 0.25) is 5.02 Å². The van der Waals surface area contributed by atoms with Gasteiger partial charge in [0.15, 0.2) is 0 Å². The van der Waals surface area contributed by atoms with Gasteiger partial charge in [0.1, 0.15) is 5.82 Å². The predicted octanol–water partition coefficient (Wildman–Crippen LogP) is 1.94. The van der Waals surface area contributed by atoms with Crippen LogP contribution in [0.4, 0.5) is 17.5 Å². The predicted molar refractivity (Wildman–Crippen MR) is 115 cm³/mol. The minimum absolute atomic E-state index is 0.201. The summed E-state index contributed by atoms with van der Waals surface area (Å²) in [5.74, 6) is 1.69. The van der Waals surface area contributed by atoms with E-state index in [4.69, 9.17) is 11.6 Å². The maximum Gasteiger partial charge on any atom is 0.275 e. The Morgan fingerprint density at radius 2 is 2.00 bits per heavy atom. The molecule has 3 aromatic heterocycles. The standard InChI is InChI=1S/C19H25ClN8O/c1-4-5-13-10-17(29)28-18(22-13)23-19(24-28)26(3)15-11-16(21-12-14(15)20)27-8-6-25(2)7-9-27/h10-12H,4-9H2,1-3H3,(H,22,23,24). The zero-order valence-corrected chi connectivity index (χ0v) is 17.6. The van der Waals surface area contributed by atoms with Crippen molar-refractivity contribution in [1.29, 1.82) is 0 Å². The van der Waals surface area contributed by atoms with E-state index in [2.05, 4.69) is 43.8 Å². The molecule has 0 unspecified atom stereocenters. The van der Waals surface area contributed by atoms with Crippen LogP contribution in [-0.2, 0) is 6.42 Å². The molecule has 1 fully saturated rings. The fourth-order valence-corrected chi connectivity index (χ4v) is 3.69. The van der Waals surface area contributed by atoms with Gasteiger partial charge in [-0.15, -0.1) is 5.10 Å². The van der Waals surface area contributed by atoms with Crippen LogP contribution < -0.4 is 15.4 Å². The number of halogens is 1. The highest BCUT2D eigenvalue weighted by atomic mass is 35.5. The fraction of sp³-hybridized carbons (Fsp3) is 0.474. The molecule has 0 atom stereocenters. The zero-order chi connectivity index (χ0) is 20.5. The van der Waals surface area contributed by atoms with Crippen molar-refractivity contribution in [2.24, 2.45) is 0 Å². The highest BCUT2D eigenvalue weighted by Crippen LogP contribution is 2.31. The van der Waals surface area contributed by atoms with Crippen LogP contribution >= 0.6 is 11.6 Å². The lowest BCUT2D eigenvalue weighted by atomic mass is 10.2. The summed E-state index contributed by atoms with van der Waals surface area (Å²) in [6, 6.07) is 3.52. The maximum atomic E-state index is 12.4. The number of likely N-dealkylation sites (N-methyl/N-ethyl adjacent to an activating group) is 1. The summed E-state index contributed by atoms with van der Waals surface area (Å²) in [6.45, 7) is 5.87. The number of hydrogen-bond donors (Lipinski definition) is 1. The molecule has 4 heterocycles. The van der Waals surface area contributed by atoms with Crippen molar-refractivity contribution in [3.8, 4) is 0 Å². The van der Waals surface area contributed by atoms with Gasteiger partial charge in [-0.25, -0.2) is 4.98 Å². The molecule has 0 aliphatic carbocycles. The molecule has 4 rings (SSSR count). The van der Waals surface area contributed by atoms with Crippen LogP contribution in [-0.4, -0.2) is 69.7 Å². The molecule has 0 spiro atoms. The van der Waals surface area contributed by atoms with Gasteiger partial charge >= 0.3 is 0 Å². The van der Waals surface area contributed by atoms with E-state index in [9.17, 15) is 4.79 Å². The molecule has 1 aliphatic heterocycles. The molecule has 0 bridgehead atoms. The number of fused-ring (bicyclic) bond motifs is 1. The molecule has 0 amide bonds. The Kier molecular flexibility index (Phi) is 5.42. The molecule has 9 nitrogen and oxygen atoms in total. The number of aromatic amines is 1. The normalized spacial score (nSPS) is 15.2. The first kappa shape index (κ1) is 19.7. The molecule has 29 heavy (non-hydrogen) atoms. The number of pyridine rings is 1. The van der Waals surface area contributed by atoms with Gasteiger partial charge in [0.25, 0.3) is 11.5 Å². The maximum absolute atomic E-state index is 12.4. The third-order valence-electron chi connectivity index (χ3n) is 5.20. The summed E-state index contributed by atoms with van der Waals surface area (Å²) in [4.78, 5) is 30.9. The molecule has 1 aliphatic rings. The van der Waals surface area contributed by atoms with E-state index in [0.717, 1.165) is 56.2 Å². The molecular formula is C19H25ClN8O. The summed E-state index contributed by atoms with van der Waals surface area (Å²) >= 11 is 6.44. The number of rotatable bonds is 5. The third kappa shape index (κ3) is 3.92. The monoisotopic (exact) mass is 416 g/mol. The average Bonchev–Trinajstić information content (AvgIpc) is 3.14. The number of anilines is 3. The molecule has 3 aromatic rings. The third-order valence-corrected chi connectivity index (χ3v) is 5.49. The topological polar surface area (TPSA) is 85.7 Å². The number of nitrogens with one attached hydrogen (secondary N) is 1. The lowest BCUT2D eigenvalue weighted by Gasteiger charge is -2.33. The minimum Gasteiger partial charge on any atom is -0.354 e. The van der Waals surface area contributed by atoms with Gasteiger partial charge in [0.05, 0.1) is 16.9 Å². The van der Waals surface area contributed by atoms with E-state index in [1.807, 2.05) is 13.1 Å². The lowest BCUT2D eigenvalue weighted by molar-refractivity contribution is 0.312. The van der Waals surface area contributed by atoms with Gasteiger partial charge in [-0.1, -0.05) is 24.9 Å². The van der Waals surface area contributed by atoms with Crippen molar-refractivity contribution in [1.82, 2.24) is 29.5 Å². The Labute approximate surface area is 173 Å². The lowest BCUT2D eigenvalue weighted by Crippen LogP contribution is -2.44. The Bertz CT molecular complexity index is 1070. The first-order chi connectivity index (χ1) is 14.0. The Hall–Kier alpha value is -2.65. The molecule has 0 saturated carbocycles. The zero-order valence-electron chi connectivity index (χ0n) is 16.9. The van der Waals surface area contributed by atoms with E-state index in [-0.39, 0.29) is 5.56 Å². The Balaban J connectivity index is 1.67. The van der Waals surface area contributed by atoms with Gasteiger partial charge in [-0.3, -0.25) is 4.79 Å². The molecule has 154 valence electrons. The number of hydrogen-bond acceptors (Lipinski definition) is 7. The van der Waals surface area contributed by atoms with Crippen LogP contribution in [0.5, 0.6) is 0 Å². The van der Waals surface area contributed by atoms with Gasteiger partial charge in [0, 0.05) is 51.1 Å². The van der Waals surface area contributed by atoms with E-state index in [0.29, 0.717) is 16.7 Å². The van der Waals surface area contributed by atoms with Gasteiger partial charge in [0.2, 0.25) is 5.78 Å². The van der Waals surface area contributed by atoms with Crippen LogP contribution in [0.1, 0.15) is 19.0 Å². The highest BCUT2D eigenvalue weighted by molar-refractivity contribution is 6.33. The SMILES string of the molecule is CCCc1cc(=O)n2nc(N(C)c3cc(N4CCN(C)CC4)ncc3Cl)nc2[nH]1. The second-order valence-corrected chi connectivity index (χ2v) is 7.78. The summed E-state index contributed by atoms with van der Waals surface area (Å²) in [7, 11) is 3.95. The Morgan fingerprint density at radius 1 is 1.24 bits per heavy atom. The Morgan fingerprint density at radius 3 is 2.72 bits per heavy atom. The summed E-state index contributed by atoms with van der Waals surface area (Å²) in [5, 5.41) is 4.87. The first-order valence-electron chi connectivity index (χ1n) is 9.78. The highest BCUT2D eigenvalue weighted by Gasteiger charge is 2.20. The van der Waals surface area contributed by atoms with Crippen molar-refractivity contribution in [3.05, 3.63) is 39.4 Å². The number of aryl methyl sites for hydroxylation is 1. The molecule has 0 aromatic carbocycles. The average molecular weight is 417 g/mol. The molecule has 0 radical (unpaired) electrons. The largest absolute Gasteiger partial charge is 0.354 e. The van der Waals surface area contributed by atoms with Crippen molar-refractivity contribution < 1.29 is 0 Å². The minimum atomic E-state index is -0.201. The number of nitrogens with zero attached hydrogens (tertiary/aromatic N) is 7. The van der Waals surface area contributed by atoms with Crippen molar-refractivity contribution in [2.45, 2.75) is 19.8 Å².